The van der Waals surface area contributed by atoms with Crippen LogP contribution in [0.25, 0.3) is 0 Å². The molecule has 1 aliphatic rings. The number of rotatable bonds is 7. The van der Waals surface area contributed by atoms with E-state index < -0.39 is 35.1 Å². The Morgan fingerprint density at radius 2 is 1.70 bits per heavy atom. The topological polar surface area (TPSA) is 95.5 Å². The maximum Gasteiger partial charge on any atom is 0.311 e. The molecule has 1 unspecified atom stereocenters. The Labute approximate surface area is 158 Å². The van der Waals surface area contributed by atoms with Crippen molar-refractivity contribution in [1.29, 1.82) is 0 Å². The van der Waals surface area contributed by atoms with E-state index in [1.807, 2.05) is 0 Å². The summed E-state index contributed by atoms with van der Waals surface area (Å²) in [6.45, 7) is 3.64. The third-order valence-electron chi connectivity index (χ3n) is 5.21. The summed E-state index contributed by atoms with van der Waals surface area (Å²) >= 11 is 0. The Balaban J connectivity index is 2.02. The molecule has 148 valence electrons. The van der Waals surface area contributed by atoms with Crippen LogP contribution < -0.4 is 10.6 Å². The van der Waals surface area contributed by atoms with Crippen molar-refractivity contribution < 1.29 is 23.9 Å². The number of hydrogen-bond donors (Lipinski definition) is 3. The molecule has 0 bridgehead atoms. The number of nitrogens with one attached hydrogen (secondary N) is 2. The van der Waals surface area contributed by atoms with E-state index in [0.717, 1.165) is 19.3 Å². The molecule has 2 rings (SSSR count). The summed E-state index contributed by atoms with van der Waals surface area (Å²) in [5, 5.41) is 15.0. The summed E-state index contributed by atoms with van der Waals surface area (Å²) in [7, 11) is 0. The minimum Gasteiger partial charge on any atom is -0.481 e. The van der Waals surface area contributed by atoms with Gasteiger partial charge in [-0.2, -0.15) is 0 Å². The van der Waals surface area contributed by atoms with E-state index in [4.69, 9.17) is 0 Å². The Hall–Kier alpha value is -2.44. The molecule has 0 heterocycles. The van der Waals surface area contributed by atoms with Gasteiger partial charge in [0.15, 0.2) is 0 Å². The number of hydrogen-bond acceptors (Lipinski definition) is 3. The fourth-order valence-corrected chi connectivity index (χ4v) is 3.42. The van der Waals surface area contributed by atoms with Gasteiger partial charge < -0.3 is 15.7 Å². The van der Waals surface area contributed by atoms with Gasteiger partial charge in [-0.1, -0.05) is 33.1 Å². The van der Waals surface area contributed by atoms with Crippen LogP contribution in [0.4, 0.5) is 4.39 Å². The minimum atomic E-state index is -0.934. The molecule has 1 aromatic rings. The third kappa shape index (κ3) is 5.28. The van der Waals surface area contributed by atoms with Crippen molar-refractivity contribution in [3.05, 3.63) is 35.6 Å². The van der Waals surface area contributed by atoms with E-state index >= 15 is 0 Å². The Morgan fingerprint density at radius 1 is 1.11 bits per heavy atom. The molecule has 1 aromatic carbocycles. The summed E-state index contributed by atoms with van der Waals surface area (Å²) in [6, 6.07) is 4.25. The molecule has 2 amide bonds. The number of carboxylic acid groups (broad SMARTS) is 1. The molecule has 3 N–H and O–H groups in total. The van der Waals surface area contributed by atoms with E-state index in [9.17, 15) is 23.9 Å². The van der Waals surface area contributed by atoms with Crippen LogP contribution in [0.3, 0.4) is 0 Å². The maximum atomic E-state index is 13.0. The predicted molar refractivity (Wildman–Crippen MR) is 98.7 cm³/mol. The molecule has 0 aromatic heterocycles. The summed E-state index contributed by atoms with van der Waals surface area (Å²) in [5.41, 5.74) is -0.680. The first-order chi connectivity index (χ1) is 12.7. The highest BCUT2D eigenvalue weighted by Gasteiger charge is 2.40. The number of carboxylic acids is 1. The molecule has 7 heteroatoms. The summed E-state index contributed by atoms with van der Waals surface area (Å²) in [4.78, 5) is 36.7. The van der Waals surface area contributed by atoms with Crippen LogP contribution in [0.15, 0.2) is 24.3 Å². The molecule has 0 radical (unpaired) electrons. The second-order valence-corrected chi connectivity index (χ2v) is 7.57. The lowest BCUT2D eigenvalue weighted by atomic mass is 9.74. The van der Waals surface area contributed by atoms with Crippen molar-refractivity contribution in [3.8, 4) is 0 Å². The van der Waals surface area contributed by atoms with E-state index in [1.165, 1.54) is 24.3 Å². The highest BCUT2D eigenvalue weighted by atomic mass is 19.1. The SMILES string of the molecule is CC(C)C(NC(=O)c1ccc(F)cc1)C(=O)NCC1(C(=O)O)CCCCC1. The van der Waals surface area contributed by atoms with Crippen LogP contribution in [0.5, 0.6) is 0 Å². The van der Waals surface area contributed by atoms with Crippen molar-refractivity contribution in [1.82, 2.24) is 10.6 Å². The standard InChI is InChI=1S/C20H27FN2O4/c1-13(2)16(23-17(24)14-6-8-15(21)9-7-14)18(25)22-12-20(19(26)27)10-4-3-5-11-20/h6-9,13,16H,3-5,10-12H2,1-2H3,(H,22,25)(H,23,24)(H,26,27). The molecule has 0 saturated heterocycles. The van der Waals surface area contributed by atoms with Crippen molar-refractivity contribution >= 4 is 17.8 Å². The molecule has 1 atom stereocenters. The van der Waals surface area contributed by atoms with Crippen LogP contribution in [0.1, 0.15) is 56.3 Å². The predicted octanol–water partition coefficient (Wildman–Crippen LogP) is 2.73. The van der Waals surface area contributed by atoms with E-state index in [2.05, 4.69) is 10.6 Å². The summed E-state index contributed by atoms with van der Waals surface area (Å²) < 4.78 is 13.0. The summed E-state index contributed by atoms with van der Waals surface area (Å²) in [5.74, 6) is -2.42. The van der Waals surface area contributed by atoms with Gasteiger partial charge in [-0.15, -0.1) is 0 Å². The Bertz CT molecular complexity index is 682. The number of carbonyl (C=O) groups is 3. The largest absolute Gasteiger partial charge is 0.481 e. The monoisotopic (exact) mass is 378 g/mol. The fraction of sp³-hybridized carbons (Fsp3) is 0.550. The van der Waals surface area contributed by atoms with Crippen LogP contribution in [0, 0.1) is 17.2 Å². The highest BCUT2D eigenvalue weighted by Crippen LogP contribution is 2.36. The van der Waals surface area contributed by atoms with Gasteiger partial charge in [0.05, 0.1) is 5.41 Å². The molecule has 1 fully saturated rings. The summed E-state index contributed by atoms with van der Waals surface area (Å²) in [6.07, 6.45) is 3.74. The number of carbonyl (C=O) groups excluding carboxylic acids is 2. The molecule has 0 aliphatic heterocycles. The molecular weight excluding hydrogens is 351 g/mol. The van der Waals surface area contributed by atoms with Gasteiger partial charge in [0.1, 0.15) is 11.9 Å². The molecular formula is C20H27FN2O4. The molecule has 1 aliphatic carbocycles. The van der Waals surface area contributed by atoms with E-state index in [1.54, 1.807) is 13.8 Å². The number of amides is 2. The average molecular weight is 378 g/mol. The van der Waals surface area contributed by atoms with Crippen LogP contribution in [-0.2, 0) is 9.59 Å². The lowest BCUT2D eigenvalue weighted by molar-refractivity contribution is -0.151. The quantitative estimate of drug-likeness (QED) is 0.680. The molecule has 0 spiro atoms. The average Bonchev–Trinajstić information content (AvgIpc) is 2.65. The lowest BCUT2D eigenvalue weighted by Crippen LogP contribution is -2.53. The highest BCUT2D eigenvalue weighted by molar-refractivity contribution is 5.97. The first-order valence-corrected chi connectivity index (χ1v) is 9.33. The fourth-order valence-electron chi connectivity index (χ4n) is 3.42. The molecule has 1 saturated carbocycles. The van der Waals surface area contributed by atoms with Gasteiger partial charge in [-0.3, -0.25) is 14.4 Å². The van der Waals surface area contributed by atoms with Crippen LogP contribution in [0.2, 0.25) is 0 Å². The van der Waals surface area contributed by atoms with E-state index in [0.29, 0.717) is 12.8 Å². The van der Waals surface area contributed by atoms with Gasteiger partial charge in [-0.05, 0) is 43.0 Å². The van der Waals surface area contributed by atoms with Crippen LogP contribution in [-0.4, -0.2) is 35.5 Å². The first kappa shape index (κ1) is 20.9. The smallest absolute Gasteiger partial charge is 0.311 e. The Kier molecular flexibility index (Phi) is 6.93. The second-order valence-electron chi connectivity index (χ2n) is 7.57. The van der Waals surface area contributed by atoms with Gasteiger partial charge in [0, 0.05) is 12.1 Å². The number of aliphatic carboxylic acids is 1. The maximum absolute atomic E-state index is 13.0. The first-order valence-electron chi connectivity index (χ1n) is 9.33. The van der Waals surface area contributed by atoms with Gasteiger partial charge in [-0.25, -0.2) is 4.39 Å². The van der Waals surface area contributed by atoms with Gasteiger partial charge in [0.2, 0.25) is 5.91 Å². The third-order valence-corrected chi connectivity index (χ3v) is 5.21. The minimum absolute atomic E-state index is 0.0524. The van der Waals surface area contributed by atoms with Gasteiger partial charge >= 0.3 is 5.97 Å². The van der Waals surface area contributed by atoms with Crippen molar-refractivity contribution in [2.45, 2.75) is 52.0 Å². The van der Waals surface area contributed by atoms with E-state index in [-0.39, 0.29) is 18.0 Å². The number of halogens is 1. The van der Waals surface area contributed by atoms with Crippen molar-refractivity contribution in [3.63, 3.8) is 0 Å². The van der Waals surface area contributed by atoms with Crippen LogP contribution >= 0.6 is 0 Å². The zero-order chi connectivity index (χ0) is 20.0. The molecule has 6 nitrogen and oxygen atoms in total. The zero-order valence-corrected chi connectivity index (χ0v) is 15.8. The normalized spacial score (nSPS) is 17.2. The van der Waals surface area contributed by atoms with Crippen molar-refractivity contribution in [2.24, 2.45) is 11.3 Å². The van der Waals surface area contributed by atoms with Gasteiger partial charge in [0.25, 0.3) is 5.91 Å². The molecule has 27 heavy (non-hydrogen) atoms. The zero-order valence-electron chi connectivity index (χ0n) is 15.8. The number of benzene rings is 1. The Morgan fingerprint density at radius 3 is 2.22 bits per heavy atom. The van der Waals surface area contributed by atoms with Crippen molar-refractivity contribution in [2.75, 3.05) is 6.54 Å². The lowest BCUT2D eigenvalue weighted by Gasteiger charge is -2.34. The second kappa shape index (κ2) is 8.97.